The predicted octanol–water partition coefficient (Wildman–Crippen LogP) is 4.08. The minimum absolute atomic E-state index is 0.0439. The van der Waals surface area contributed by atoms with Crippen LogP contribution in [0, 0.1) is 13.8 Å². The average Bonchev–Trinajstić information content (AvgIpc) is 3.71. The van der Waals surface area contributed by atoms with Crippen LogP contribution in [0.15, 0.2) is 54.1 Å². The van der Waals surface area contributed by atoms with Crippen LogP contribution in [0.2, 0.25) is 0 Å². The Morgan fingerprint density at radius 3 is 2.46 bits per heavy atom. The zero-order valence-electron chi connectivity index (χ0n) is 26.3. The van der Waals surface area contributed by atoms with Crippen molar-refractivity contribution in [2.75, 3.05) is 16.0 Å². The molecule has 4 aromatic heterocycles. The highest BCUT2D eigenvalue weighted by Crippen LogP contribution is 2.25. The van der Waals surface area contributed by atoms with Gasteiger partial charge in [0.1, 0.15) is 6.10 Å². The molecule has 3 N–H and O–H groups in total. The second-order valence-electron chi connectivity index (χ2n) is 11.0. The van der Waals surface area contributed by atoms with Gasteiger partial charge in [0, 0.05) is 30.2 Å². The topological polar surface area (TPSA) is 197 Å². The number of ether oxygens (including phenoxy) is 1. The second kappa shape index (κ2) is 13.4. The quantitative estimate of drug-likeness (QED) is 0.175. The maximum absolute atomic E-state index is 12.8. The number of fused-ring (bicyclic) bond motifs is 1. The van der Waals surface area contributed by atoms with Gasteiger partial charge < -0.3 is 19.9 Å². The van der Waals surface area contributed by atoms with Gasteiger partial charge in [-0.15, -0.1) is 9.19 Å². The Morgan fingerprint density at radius 1 is 1.04 bits per heavy atom. The number of pyridine rings is 1. The van der Waals surface area contributed by atoms with Crippen molar-refractivity contribution in [3.63, 3.8) is 0 Å². The lowest BCUT2D eigenvalue weighted by Crippen LogP contribution is -2.36. The number of anilines is 3. The first kappa shape index (κ1) is 32.2. The summed E-state index contributed by atoms with van der Waals surface area (Å²) in [6, 6.07) is 7.39. The van der Waals surface area contributed by atoms with Gasteiger partial charge in [-0.25, -0.2) is 9.78 Å². The lowest BCUT2D eigenvalue weighted by Gasteiger charge is -2.24. The highest BCUT2D eigenvalue weighted by Gasteiger charge is 2.23. The minimum atomic E-state index is -3.94. The lowest BCUT2D eigenvalue weighted by atomic mass is 10.1. The second-order valence-corrected chi connectivity index (χ2v) is 12.8. The van der Waals surface area contributed by atoms with Crippen molar-refractivity contribution in [1.82, 2.24) is 44.1 Å². The van der Waals surface area contributed by atoms with Crippen molar-refractivity contribution in [1.29, 1.82) is 0 Å². The number of amides is 1. The molecule has 0 aliphatic carbocycles. The molecule has 16 nitrogen and oxygen atoms in total. The van der Waals surface area contributed by atoms with Gasteiger partial charge >= 0.3 is 6.09 Å². The maximum Gasteiger partial charge on any atom is 0.411 e. The average molecular weight is 649 g/mol. The molecule has 4 heterocycles. The number of hydrogen-bond acceptors (Lipinski definition) is 13. The summed E-state index contributed by atoms with van der Waals surface area (Å²) >= 11 is 0. The summed E-state index contributed by atoms with van der Waals surface area (Å²) in [5.74, 6) is 0.928. The molecule has 242 valence electrons. The molecule has 1 amide bonds. The van der Waals surface area contributed by atoms with E-state index in [1.54, 1.807) is 13.3 Å². The number of rotatable bonds is 12. The molecule has 5 aromatic rings. The van der Waals surface area contributed by atoms with Gasteiger partial charge in [-0.3, -0.25) is 10.3 Å². The summed E-state index contributed by atoms with van der Waals surface area (Å²) in [5.41, 5.74) is 4.77. The van der Waals surface area contributed by atoms with Crippen LogP contribution in [0.4, 0.5) is 22.2 Å². The van der Waals surface area contributed by atoms with Gasteiger partial charge in [-0.2, -0.15) is 18.4 Å². The lowest BCUT2D eigenvalue weighted by molar-refractivity contribution is 0.108. The molecule has 0 aliphatic heterocycles. The molecule has 17 heteroatoms. The van der Waals surface area contributed by atoms with Crippen LogP contribution in [0.3, 0.4) is 0 Å². The predicted molar refractivity (Wildman–Crippen MR) is 171 cm³/mol. The molecule has 1 aromatic carbocycles. The Morgan fingerprint density at radius 2 is 1.80 bits per heavy atom. The first-order valence-corrected chi connectivity index (χ1v) is 16.1. The third-order valence-corrected chi connectivity index (χ3v) is 8.90. The largest absolute Gasteiger partial charge is 0.444 e. The Bertz CT molecular complexity index is 1930. The van der Waals surface area contributed by atoms with E-state index in [-0.39, 0.29) is 17.0 Å². The number of carbonyl (C=O) groups excluding carboxylic acids is 1. The highest BCUT2D eigenvalue weighted by molar-refractivity contribution is 7.89. The fourth-order valence-corrected chi connectivity index (χ4v) is 5.76. The standard InChI is InChI=1S/C29H36N12O4S/c1-7-24(20(6)45-29(42)34-22-8-10-23(11-9-22)46(43,44)41-16-33-38-39-41)35-28-36-26(25-27(37-28)40(15-32-25)17(2)3)31-14-21-13-30-19(5)12-18(21)4/h8-13,15-17,20,24H,7,14H2,1-6H3,(H,34,42)(H2,31,35,36,37)/t20-,24+/m1/s1. The van der Waals surface area contributed by atoms with Crippen LogP contribution in [-0.2, 0) is 21.3 Å². The van der Waals surface area contributed by atoms with E-state index in [4.69, 9.17) is 14.7 Å². The Hall–Kier alpha value is -5.19. The summed E-state index contributed by atoms with van der Waals surface area (Å²) in [5, 5.41) is 19.5. The molecule has 5 rings (SSSR count). The third kappa shape index (κ3) is 7.03. The molecule has 0 saturated carbocycles. The van der Waals surface area contributed by atoms with E-state index >= 15 is 0 Å². The van der Waals surface area contributed by atoms with E-state index in [2.05, 4.69) is 55.3 Å². The van der Waals surface area contributed by atoms with E-state index in [0.29, 0.717) is 45.7 Å². The van der Waals surface area contributed by atoms with Gasteiger partial charge in [0.15, 0.2) is 23.3 Å². The number of nitrogens with one attached hydrogen (secondary N) is 3. The molecule has 46 heavy (non-hydrogen) atoms. The number of carbonyl (C=O) groups is 1. The monoisotopic (exact) mass is 648 g/mol. The zero-order valence-corrected chi connectivity index (χ0v) is 27.1. The molecule has 0 fully saturated rings. The number of nitrogens with zero attached hydrogens (tertiary/aromatic N) is 9. The minimum Gasteiger partial charge on any atom is -0.444 e. The third-order valence-electron chi connectivity index (χ3n) is 7.37. The summed E-state index contributed by atoms with van der Waals surface area (Å²) in [7, 11) is -3.94. The smallest absolute Gasteiger partial charge is 0.411 e. The maximum atomic E-state index is 12.8. The van der Waals surface area contributed by atoms with Crippen LogP contribution < -0.4 is 16.0 Å². The molecular formula is C29H36N12O4S. The van der Waals surface area contributed by atoms with Crippen molar-refractivity contribution in [3.05, 3.63) is 66.0 Å². The summed E-state index contributed by atoms with van der Waals surface area (Å²) in [6.45, 7) is 12.3. The van der Waals surface area contributed by atoms with Crippen LogP contribution >= 0.6 is 0 Å². The Kier molecular flexibility index (Phi) is 9.41. The Balaban J connectivity index is 1.28. The van der Waals surface area contributed by atoms with Crippen molar-refractivity contribution >= 4 is 44.7 Å². The van der Waals surface area contributed by atoms with Gasteiger partial charge in [0.05, 0.1) is 17.3 Å². The van der Waals surface area contributed by atoms with Crippen molar-refractivity contribution < 1.29 is 17.9 Å². The fraction of sp³-hybridized carbons (Fsp3) is 0.379. The molecule has 0 bridgehead atoms. The van der Waals surface area contributed by atoms with Crippen LogP contribution in [-0.4, -0.2) is 70.8 Å². The van der Waals surface area contributed by atoms with Crippen molar-refractivity contribution in [3.8, 4) is 0 Å². The summed E-state index contributed by atoms with van der Waals surface area (Å²) in [4.78, 5) is 31.3. The van der Waals surface area contributed by atoms with Gasteiger partial charge in [0.2, 0.25) is 5.95 Å². The molecule has 0 aliphatic rings. The van der Waals surface area contributed by atoms with Crippen LogP contribution in [0.25, 0.3) is 11.2 Å². The number of imidazole rings is 1. The molecular weight excluding hydrogens is 612 g/mol. The number of hydrogen-bond donors (Lipinski definition) is 3. The van der Waals surface area contributed by atoms with Crippen molar-refractivity contribution in [2.45, 2.75) is 77.6 Å². The van der Waals surface area contributed by atoms with E-state index in [0.717, 1.165) is 23.1 Å². The van der Waals surface area contributed by atoms with Crippen molar-refractivity contribution in [2.24, 2.45) is 0 Å². The normalized spacial score (nSPS) is 13.0. The number of benzene rings is 1. The molecule has 0 spiro atoms. The summed E-state index contributed by atoms with van der Waals surface area (Å²) in [6.07, 6.45) is 3.89. The first-order valence-electron chi connectivity index (χ1n) is 14.7. The van der Waals surface area contributed by atoms with E-state index in [9.17, 15) is 13.2 Å². The van der Waals surface area contributed by atoms with Crippen LogP contribution in [0.5, 0.6) is 0 Å². The fourth-order valence-electron chi connectivity index (χ4n) is 4.77. The van der Waals surface area contributed by atoms with Crippen LogP contribution in [0.1, 0.15) is 57.0 Å². The Labute approximate surface area is 266 Å². The first-order chi connectivity index (χ1) is 22.0. The zero-order chi connectivity index (χ0) is 33.0. The molecule has 0 unspecified atom stereocenters. The van der Waals surface area contributed by atoms with E-state index < -0.39 is 22.2 Å². The molecule has 0 saturated heterocycles. The number of aryl methyl sites for hydroxylation is 2. The van der Waals surface area contributed by atoms with E-state index in [1.165, 1.54) is 24.3 Å². The summed E-state index contributed by atoms with van der Waals surface area (Å²) < 4.78 is 33.4. The molecule has 0 radical (unpaired) electrons. The van der Waals surface area contributed by atoms with Gasteiger partial charge in [-0.1, -0.05) is 6.92 Å². The SMILES string of the molecule is CC[C@H](Nc1nc(NCc2cnc(C)cc2C)c2ncn(C(C)C)c2n1)[C@@H](C)OC(=O)Nc1ccc(S(=O)(=O)n2cnnn2)cc1. The van der Waals surface area contributed by atoms with Gasteiger partial charge in [0.25, 0.3) is 10.0 Å². The number of aromatic nitrogens is 9. The highest BCUT2D eigenvalue weighted by atomic mass is 32.2. The van der Waals surface area contributed by atoms with E-state index in [1.807, 2.05) is 37.6 Å². The number of tetrazole rings is 1. The van der Waals surface area contributed by atoms with Gasteiger partial charge in [-0.05, 0) is 92.9 Å². The molecule has 2 atom stereocenters.